The molecule has 0 bridgehead atoms. The molecule has 0 radical (unpaired) electrons. The van der Waals surface area contributed by atoms with E-state index in [1.165, 1.54) is 12.1 Å². The Morgan fingerprint density at radius 3 is 2.73 bits per heavy atom. The fourth-order valence-corrected chi connectivity index (χ4v) is 1.57. The first-order chi connectivity index (χ1) is 7.10. The third-order valence-corrected chi connectivity index (χ3v) is 2.41. The SMILES string of the molecule is CCOC(=O)c1cc(F)cc(CCl)c1C. The van der Waals surface area contributed by atoms with Crippen LogP contribution in [0.3, 0.4) is 0 Å². The predicted molar refractivity (Wildman–Crippen MR) is 56.7 cm³/mol. The van der Waals surface area contributed by atoms with Crippen LogP contribution in [0.25, 0.3) is 0 Å². The number of halogens is 2. The normalized spacial score (nSPS) is 10.1. The standard InChI is InChI=1S/C11H12ClFO2/c1-3-15-11(14)10-5-9(13)4-8(6-12)7(10)2/h4-5H,3,6H2,1-2H3. The van der Waals surface area contributed by atoms with Gasteiger partial charge < -0.3 is 4.74 Å². The zero-order valence-electron chi connectivity index (χ0n) is 8.64. The number of hydrogen-bond acceptors (Lipinski definition) is 2. The molecule has 1 aromatic carbocycles. The molecule has 0 aliphatic carbocycles. The van der Waals surface area contributed by atoms with Crippen LogP contribution in [0.5, 0.6) is 0 Å². The van der Waals surface area contributed by atoms with Gasteiger partial charge in [-0.2, -0.15) is 0 Å². The minimum Gasteiger partial charge on any atom is -0.462 e. The van der Waals surface area contributed by atoms with Crippen LogP contribution in [-0.2, 0) is 10.6 Å². The van der Waals surface area contributed by atoms with Crippen LogP contribution >= 0.6 is 11.6 Å². The van der Waals surface area contributed by atoms with Crippen LogP contribution in [0.15, 0.2) is 12.1 Å². The molecule has 0 heterocycles. The number of ether oxygens (including phenoxy) is 1. The molecule has 0 fully saturated rings. The maximum atomic E-state index is 13.1. The van der Waals surface area contributed by atoms with Crippen molar-refractivity contribution in [1.82, 2.24) is 0 Å². The van der Waals surface area contributed by atoms with Crippen LogP contribution in [0.1, 0.15) is 28.4 Å². The van der Waals surface area contributed by atoms with Gasteiger partial charge in [-0.25, -0.2) is 9.18 Å². The second-order valence-electron chi connectivity index (χ2n) is 3.09. The molecule has 15 heavy (non-hydrogen) atoms. The lowest BCUT2D eigenvalue weighted by molar-refractivity contribution is 0.0525. The van der Waals surface area contributed by atoms with E-state index in [1.807, 2.05) is 0 Å². The Morgan fingerprint density at radius 1 is 1.53 bits per heavy atom. The minimum absolute atomic E-state index is 0.177. The van der Waals surface area contributed by atoms with E-state index in [2.05, 4.69) is 0 Å². The molecule has 82 valence electrons. The van der Waals surface area contributed by atoms with Crippen molar-refractivity contribution in [3.05, 3.63) is 34.6 Å². The van der Waals surface area contributed by atoms with Crippen molar-refractivity contribution < 1.29 is 13.9 Å². The van der Waals surface area contributed by atoms with Gasteiger partial charge in [-0.1, -0.05) is 0 Å². The first-order valence-electron chi connectivity index (χ1n) is 4.62. The molecule has 0 saturated heterocycles. The third kappa shape index (κ3) is 2.69. The number of hydrogen-bond donors (Lipinski definition) is 0. The summed E-state index contributed by atoms with van der Waals surface area (Å²) in [5.74, 6) is -0.809. The summed E-state index contributed by atoms with van der Waals surface area (Å²) in [7, 11) is 0. The Hall–Kier alpha value is -1.09. The van der Waals surface area contributed by atoms with Crippen molar-refractivity contribution in [3.63, 3.8) is 0 Å². The molecule has 0 aliphatic rings. The zero-order chi connectivity index (χ0) is 11.4. The van der Waals surface area contributed by atoms with Crippen LogP contribution in [0.2, 0.25) is 0 Å². The molecule has 0 saturated carbocycles. The summed E-state index contributed by atoms with van der Waals surface area (Å²) in [5, 5.41) is 0. The van der Waals surface area contributed by atoms with Crippen molar-refractivity contribution in [3.8, 4) is 0 Å². The van der Waals surface area contributed by atoms with E-state index in [0.29, 0.717) is 11.1 Å². The molecule has 1 rings (SSSR count). The Bertz CT molecular complexity index is 377. The molecule has 0 unspecified atom stereocenters. The van der Waals surface area contributed by atoms with E-state index in [-0.39, 0.29) is 18.1 Å². The molecule has 1 aromatic rings. The number of alkyl halides is 1. The van der Waals surface area contributed by atoms with E-state index in [4.69, 9.17) is 16.3 Å². The first-order valence-corrected chi connectivity index (χ1v) is 5.15. The Balaban J connectivity index is 3.17. The van der Waals surface area contributed by atoms with Gasteiger partial charge in [0.2, 0.25) is 0 Å². The summed E-state index contributed by atoms with van der Waals surface area (Å²) in [6.45, 7) is 3.70. The van der Waals surface area contributed by atoms with Gasteiger partial charge in [-0.05, 0) is 37.1 Å². The highest BCUT2D eigenvalue weighted by Gasteiger charge is 2.14. The van der Waals surface area contributed by atoms with Gasteiger partial charge in [0.15, 0.2) is 0 Å². The topological polar surface area (TPSA) is 26.3 Å². The summed E-state index contributed by atoms with van der Waals surface area (Å²) in [6.07, 6.45) is 0. The van der Waals surface area contributed by atoms with Gasteiger partial charge in [0.25, 0.3) is 0 Å². The van der Waals surface area contributed by atoms with Gasteiger partial charge in [0.05, 0.1) is 12.2 Å². The fourth-order valence-electron chi connectivity index (χ4n) is 1.30. The number of carbonyl (C=O) groups excluding carboxylic acids is 1. The van der Waals surface area contributed by atoms with E-state index in [0.717, 1.165) is 0 Å². The van der Waals surface area contributed by atoms with Gasteiger partial charge in [-0.3, -0.25) is 0 Å². The molecular weight excluding hydrogens is 219 g/mol. The van der Waals surface area contributed by atoms with Crippen molar-refractivity contribution in [2.45, 2.75) is 19.7 Å². The third-order valence-electron chi connectivity index (χ3n) is 2.12. The Labute approximate surface area is 93.0 Å². The summed E-state index contributed by atoms with van der Waals surface area (Å²) >= 11 is 5.64. The number of esters is 1. The highest BCUT2D eigenvalue weighted by atomic mass is 35.5. The monoisotopic (exact) mass is 230 g/mol. The van der Waals surface area contributed by atoms with Gasteiger partial charge in [0, 0.05) is 5.88 Å². The van der Waals surface area contributed by atoms with Crippen molar-refractivity contribution >= 4 is 17.6 Å². The van der Waals surface area contributed by atoms with Gasteiger partial charge in [0.1, 0.15) is 5.82 Å². The number of carbonyl (C=O) groups is 1. The lowest BCUT2D eigenvalue weighted by Gasteiger charge is -2.09. The van der Waals surface area contributed by atoms with Crippen LogP contribution < -0.4 is 0 Å². The largest absolute Gasteiger partial charge is 0.462 e. The lowest BCUT2D eigenvalue weighted by atomic mass is 10.0. The second kappa shape index (κ2) is 5.12. The average molecular weight is 231 g/mol. The summed E-state index contributed by atoms with van der Waals surface area (Å²) in [5.41, 5.74) is 1.53. The number of rotatable bonds is 3. The molecule has 0 aromatic heterocycles. The molecular formula is C11H12ClFO2. The van der Waals surface area contributed by atoms with E-state index in [1.54, 1.807) is 13.8 Å². The predicted octanol–water partition coefficient (Wildman–Crippen LogP) is 3.05. The van der Waals surface area contributed by atoms with Crippen LogP contribution in [0, 0.1) is 12.7 Å². The number of benzene rings is 1. The molecule has 0 atom stereocenters. The van der Waals surface area contributed by atoms with Crippen LogP contribution in [-0.4, -0.2) is 12.6 Å². The minimum atomic E-state index is -0.513. The summed E-state index contributed by atoms with van der Waals surface area (Å²) < 4.78 is 17.9. The van der Waals surface area contributed by atoms with E-state index >= 15 is 0 Å². The van der Waals surface area contributed by atoms with Crippen molar-refractivity contribution in [2.75, 3.05) is 6.61 Å². The van der Waals surface area contributed by atoms with Gasteiger partial charge >= 0.3 is 5.97 Å². The average Bonchev–Trinajstić information content (AvgIpc) is 2.21. The molecule has 0 aliphatic heterocycles. The maximum absolute atomic E-state index is 13.1. The highest BCUT2D eigenvalue weighted by Crippen LogP contribution is 2.19. The Morgan fingerprint density at radius 2 is 2.20 bits per heavy atom. The van der Waals surface area contributed by atoms with Gasteiger partial charge in [-0.15, -0.1) is 11.6 Å². The molecule has 0 amide bonds. The lowest BCUT2D eigenvalue weighted by Crippen LogP contribution is -2.08. The molecule has 2 nitrogen and oxygen atoms in total. The maximum Gasteiger partial charge on any atom is 0.338 e. The quantitative estimate of drug-likeness (QED) is 0.589. The van der Waals surface area contributed by atoms with Crippen molar-refractivity contribution in [1.29, 1.82) is 0 Å². The fraction of sp³-hybridized carbons (Fsp3) is 0.364. The summed E-state index contributed by atoms with van der Waals surface area (Å²) in [6, 6.07) is 2.49. The van der Waals surface area contributed by atoms with Crippen LogP contribution in [0.4, 0.5) is 4.39 Å². The molecule has 0 N–H and O–H groups in total. The van der Waals surface area contributed by atoms with E-state index < -0.39 is 11.8 Å². The zero-order valence-corrected chi connectivity index (χ0v) is 9.40. The highest BCUT2D eigenvalue weighted by molar-refractivity contribution is 6.17. The smallest absolute Gasteiger partial charge is 0.338 e. The molecule has 0 spiro atoms. The Kier molecular flexibility index (Phi) is 4.09. The summed E-state index contributed by atoms with van der Waals surface area (Å²) in [4.78, 5) is 11.5. The molecule has 4 heteroatoms. The van der Waals surface area contributed by atoms with Crippen molar-refractivity contribution in [2.24, 2.45) is 0 Å². The first kappa shape index (κ1) is 12.0. The van der Waals surface area contributed by atoms with E-state index in [9.17, 15) is 9.18 Å². The second-order valence-corrected chi connectivity index (χ2v) is 3.36.